The van der Waals surface area contributed by atoms with Crippen LogP contribution in [0.2, 0.25) is 0 Å². The van der Waals surface area contributed by atoms with E-state index in [1.54, 1.807) is 18.0 Å². The van der Waals surface area contributed by atoms with E-state index < -0.39 is 0 Å². The molecule has 1 saturated heterocycles. The smallest absolute Gasteiger partial charge is 0.222 e. The van der Waals surface area contributed by atoms with Crippen LogP contribution < -0.4 is 10.1 Å². The minimum absolute atomic E-state index is 0.177. The van der Waals surface area contributed by atoms with Crippen LogP contribution in [0, 0.1) is 0 Å². The lowest BCUT2D eigenvalue weighted by molar-refractivity contribution is -0.114. The fourth-order valence-corrected chi connectivity index (χ4v) is 3.68. The van der Waals surface area contributed by atoms with Crippen LogP contribution in [0.1, 0.15) is 37.6 Å². The van der Waals surface area contributed by atoms with Gasteiger partial charge in [0, 0.05) is 56.3 Å². The molecular weight excluding hydrogens is 398 g/mol. The van der Waals surface area contributed by atoms with Crippen molar-refractivity contribution in [2.45, 2.75) is 32.6 Å². The molecule has 164 valence electrons. The van der Waals surface area contributed by atoms with Gasteiger partial charge < -0.3 is 19.5 Å². The first-order valence-electron chi connectivity index (χ1n) is 10.5. The van der Waals surface area contributed by atoms with E-state index in [2.05, 4.69) is 10.3 Å². The number of carbonyl (C=O) groups is 1. The fraction of sp³-hybridized carbons (Fsp3) is 0.455. The van der Waals surface area contributed by atoms with Crippen molar-refractivity contribution in [3.8, 4) is 11.6 Å². The molecule has 0 unspecified atom stereocenters. The number of fused-ring (bicyclic) bond motifs is 1. The first-order chi connectivity index (χ1) is 15.1. The molecule has 1 N–H and O–H groups in total. The number of aromatic nitrogens is 4. The number of hydrogen-bond donors (Lipinski definition) is 1. The SMILES string of the molecule is CCc1nn(-c2cc(OCCOC)cc([C@@H]3CCOC3)n2)c2cc(NC(C)=O)ncc12. The second-order valence-electron chi connectivity index (χ2n) is 7.47. The number of carbonyl (C=O) groups excluding carboxylic acids is 1. The standard InChI is InChI=1S/C22H27N5O4/c1-4-18-17-12-23-21(24-14(2)28)11-20(17)27(26-18)22-10-16(31-8-7-29-3)9-19(25-22)15-5-6-30-13-15/h9-12,15H,4-8,13H2,1-3H3,(H,23,24,28)/t15-/m1/s1. The third kappa shape index (κ3) is 4.67. The monoisotopic (exact) mass is 425 g/mol. The third-order valence-corrected chi connectivity index (χ3v) is 5.21. The van der Waals surface area contributed by atoms with Crippen molar-refractivity contribution in [1.82, 2.24) is 19.7 Å². The Morgan fingerprint density at radius 2 is 2.19 bits per heavy atom. The van der Waals surface area contributed by atoms with E-state index in [4.69, 9.17) is 24.3 Å². The molecule has 0 radical (unpaired) electrons. The molecule has 1 aliphatic rings. The van der Waals surface area contributed by atoms with Gasteiger partial charge in [-0.3, -0.25) is 4.79 Å². The highest BCUT2D eigenvalue weighted by atomic mass is 16.5. The molecule has 1 aliphatic heterocycles. The summed E-state index contributed by atoms with van der Waals surface area (Å²) in [4.78, 5) is 20.8. The van der Waals surface area contributed by atoms with Crippen LogP contribution in [0.4, 0.5) is 5.82 Å². The highest BCUT2D eigenvalue weighted by Gasteiger charge is 2.22. The molecule has 1 fully saturated rings. The van der Waals surface area contributed by atoms with E-state index >= 15 is 0 Å². The predicted octanol–water partition coefficient (Wildman–Crippen LogP) is 2.87. The van der Waals surface area contributed by atoms with Crippen molar-refractivity contribution in [2.24, 2.45) is 0 Å². The van der Waals surface area contributed by atoms with E-state index in [1.807, 2.05) is 25.1 Å². The van der Waals surface area contributed by atoms with Crippen LogP contribution in [0.5, 0.6) is 5.75 Å². The Bertz CT molecular complexity index is 1080. The molecule has 0 aliphatic carbocycles. The number of pyridine rings is 2. The molecule has 3 aromatic heterocycles. The molecule has 31 heavy (non-hydrogen) atoms. The van der Waals surface area contributed by atoms with Crippen LogP contribution in [0.15, 0.2) is 24.4 Å². The minimum atomic E-state index is -0.177. The van der Waals surface area contributed by atoms with Gasteiger partial charge in [-0.1, -0.05) is 6.92 Å². The predicted molar refractivity (Wildman–Crippen MR) is 116 cm³/mol. The molecule has 9 heteroatoms. The average molecular weight is 425 g/mol. The lowest BCUT2D eigenvalue weighted by atomic mass is 10.0. The van der Waals surface area contributed by atoms with Crippen LogP contribution in [0.3, 0.4) is 0 Å². The molecule has 0 saturated carbocycles. The Balaban J connectivity index is 1.81. The number of methoxy groups -OCH3 is 1. The number of amides is 1. The summed E-state index contributed by atoms with van der Waals surface area (Å²) in [7, 11) is 1.64. The summed E-state index contributed by atoms with van der Waals surface area (Å²) in [6.07, 6.45) is 3.41. The number of ether oxygens (including phenoxy) is 3. The van der Waals surface area contributed by atoms with Crippen molar-refractivity contribution in [2.75, 3.05) is 38.9 Å². The number of nitrogens with zero attached hydrogens (tertiary/aromatic N) is 4. The topological polar surface area (TPSA) is 100 Å². The first-order valence-corrected chi connectivity index (χ1v) is 10.5. The van der Waals surface area contributed by atoms with Crippen LogP contribution in [-0.4, -0.2) is 59.2 Å². The lowest BCUT2D eigenvalue weighted by Gasteiger charge is -2.14. The summed E-state index contributed by atoms with van der Waals surface area (Å²) in [6.45, 7) is 5.82. The maximum absolute atomic E-state index is 11.5. The second kappa shape index (κ2) is 9.40. The Morgan fingerprint density at radius 3 is 2.90 bits per heavy atom. The first kappa shape index (κ1) is 21.2. The Labute approximate surface area is 180 Å². The van der Waals surface area contributed by atoms with Crippen molar-refractivity contribution in [3.63, 3.8) is 0 Å². The summed E-state index contributed by atoms with van der Waals surface area (Å²) < 4.78 is 18.4. The Morgan fingerprint density at radius 1 is 1.32 bits per heavy atom. The highest BCUT2D eigenvalue weighted by molar-refractivity contribution is 5.91. The molecular formula is C22H27N5O4. The number of aryl methyl sites for hydroxylation is 1. The fourth-order valence-electron chi connectivity index (χ4n) is 3.68. The van der Waals surface area contributed by atoms with Crippen LogP contribution in [-0.2, 0) is 20.7 Å². The van der Waals surface area contributed by atoms with Gasteiger partial charge in [0.05, 0.1) is 30.1 Å². The summed E-state index contributed by atoms with van der Waals surface area (Å²) in [6, 6.07) is 5.66. The zero-order chi connectivity index (χ0) is 21.8. The summed E-state index contributed by atoms with van der Waals surface area (Å²) in [5.74, 6) is 1.88. The maximum Gasteiger partial charge on any atom is 0.222 e. The Kier molecular flexibility index (Phi) is 6.43. The van der Waals surface area contributed by atoms with Gasteiger partial charge in [-0.25, -0.2) is 14.6 Å². The van der Waals surface area contributed by atoms with Crippen molar-refractivity contribution in [3.05, 3.63) is 35.8 Å². The summed E-state index contributed by atoms with van der Waals surface area (Å²) >= 11 is 0. The molecule has 3 aromatic rings. The van der Waals surface area contributed by atoms with Crippen LogP contribution >= 0.6 is 0 Å². The van der Waals surface area contributed by atoms with Crippen molar-refractivity contribution in [1.29, 1.82) is 0 Å². The van der Waals surface area contributed by atoms with E-state index in [1.165, 1.54) is 6.92 Å². The zero-order valence-electron chi connectivity index (χ0n) is 18.1. The molecule has 0 aromatic carbocycles. The lowest BCUT2D eigenvalue weighted by Crippen LogP contribution is -2.10. The molecule has 1 amide bonds. The minimum Gasteiger partial charge on any atom is -0.491 e. The van der Waals surface area contributed by atoms with Gasteiger partial charge in [0.1, 0.15) is 18.2 Å². The summed E-state index contributed by atoms with van der Waals surface area (Å²) in [5.41, 5.74) is 2.65. The van der Waals surface area contributed by atoms with Gasteiger partial charge in [0.25, 0.3) is 0 Å². The summed E-state index contributed by atoms with van der Waals surface area (Å²) in [5, 5.41) is 8.46. The molecule has 0 bridgehead atoms. The van der Waals surface area contributed by atoms with Gasteiger partial charge in [0.2, 0.25) is 5.91 Å². The molecule has 9 nitrogen and oxygen atoms in total. The Hall–Kier alpha value is -3.04. The van der Waals surface area contributed by atoms with E-state index in [0.29, 0.717) is 37.2 Å². The maximum atomic E-state index is 11.5. The molecule has 4 heterocycles. The molecule has 1 atom stereocenters. The van der Waals surface area contributed by atoms with Gasteiger partial charge >= 0.3 is 0 Å². The number of anilines is 1. The molecule has 0 spiro atoms. The second-order valence-corrected chi connectivity index (χ2v) is 7.47. The van der Waals surface area contributed by atoms with Gasteiger partial charge in [-0.2, -0.15) is 5.10 Å². The van der Waals surface area contributed by atoms with E-state index in [-0.39, 0.29) is 11.8 Å². The average Bonchev–Trinajstić information content (AvgIpc) is 3.41. The largest absolute Gasteiger partial charge is 0.491 e. The number of nitrogens with one attached hydrogen (secondary N) is 1. The highest BCUT2D eigenvalue weighted by Crippen LogP contribution is 2.30. The van der Waals surface area contributed by atoms with Gasteiger partial charge in [-0.05, 0) is 12.8 Å². The quantitative estimate of drug-likeness (QED) is 0.554. The van der Waals surface area contributed by atoms with E-state index in [0.717, 1.165) is 41.7 Å². The van der Waals surface area contributed by atoms with Crippen LogP contribution in [0.25, 0.3) is 16.7 Å². The van der Waals surface area contributed by atoms with Crippen molar-refractivity contribution < 1.29 is 19.0 Å². The van der Waals surface area contributed by atoms with Gasteiger partial charge in [-0.15, -0.1) is 0 Å². The normalized spacial score (nSPS) is 16.0. The third-order valence-electron chi connectivity index (χ3n) is 5.21. The van der Waals surface area contributed by atoms with Gasteiger partial charge in [0.15, 0.2) is 5.82 Å². The number of rotatable bonds is 8. The number of hydrogen-bond acceptors (Lipinski definition) is 7. The zero-order valence-corrected chi connectivity index (χ0v) is 18.1. The van der Waals surface area contributed by atoms with Crippen molar-refractivity contribution >= 4 is 22.6 Å². The molecule has 4 rings (SSSR count). The van der Waals surface area contributed by atoms with E-state index in [9.17, 15) is 4.79 Å².